The molecule has 0 bridgehead atoms. The Hall–Kier alpha value is -0.780. The van der Waals surface area contributed by atoms with Crippen LogP contribution in [0.2, 0.25) is 5.02 Å². The number of hydrogen-bond donors (Lipinski definition) is 0. The van der Waals surface area contributed by atoms with Crippen LogP contribution in [0.25, 0.3) is 0 Å². The number of benzene rings is 1. The molecule has 0 N–H and O–H groups in total. The van der Waals surface area contributed by atoms with E-state index < -0.39 is 9.24 Å². The number of nitrogens with zero attached hydrogens (tertiary/aromatic N) is 1. The van der Waals surface area contributed by atoms with Gasteiger partial charge in [-0.2, -0.15) is 8.42 Å². The van der Waals surface area contributed by atoms with E-state index in [-0.39, 0.29) is 16.9 Å². The summed E-state index contributed by atoms with van der Waals surface area (Å²) in [5, 5.41) is 0.704. The molecule has 4 rings (SSSR count). The van der Waals surface area contributed by atoms with E-state index in [2.05, 4.69) is 10.5 Å². The lowest BCUT2D eigenvalue weighted by molar-refractivity contribution is -0.0324. The second-order valence-electron chi connectivity index (χ2n) is 6.76. The van der Waals surface area contributed by atoms with Gasteiger partial charge in [0.2, 0.25) is 5.90 Å². The van der Waals surface area contributed by atoms with E-state index in [1.54, 1.807) is 0 Å². The molecule has 3 aliphatic rings. The molecule has 23 heavy (non-hydrogen) atoms. The van der Waals surface area contributed by atoms with Gasteiger partial charge in [0.15, 0.2) is 0 Å². The van der Waals surface area contributed by atoms with Gasteiger partial charge in [0.1, 0.15) is 5.60 Å². The number of aryl methyl sites for hydroxylation is 1. The van der Waals surface area contributed by atoms with E-state index in [0.29, 0.717) is 11.4 Å². The predicted octanol–water partition coefficient (Wildman–Crippen LogP) is 4.14. The second kappa shape index (κ2) is 5.11. The minimum absolute atomic E-state index is 0.232. The normalized spacial score (nSPS) is 34.4. The zero-order valence-electron chi connectivity index (χ0n) is 12.5. The molecule has 2 aliphatic carbocycles. The van der Waals surface area contributed by atoms with Crippen LogP contribution in [0.15, 0.2) is 22.6 Å². The maximum atomic E-state index is 11.4. The molecule has 1 aliphatic heterocycles. The van der Waals surface area contributed by atoms with Gasteiger partial charge in [0, 0.05) is 27.5 Å². The summed E-state index contributed by atoms with van der Waals surface area (Å²) in [7, 11) is 1.34. The summed E-state index contributed by atoms with van der Waals surface area (Å²) in [6, 6.07) is 6.02. The fourth-order valence-electron chi connectivity index (χ4n) is 4.83. The molecule has 2 atom stereocenters. The first-order valence-electron chi connectivity index (χ1n) is 7.85. The second-order valence-corrected chi connectivity index (χ2v) is 9.37. The highest BCUT2D eigenvalue weighted by molar-refractivity contribution is 8.12. The summed E-state index contributed by atoms with van der Waals surface area (Å²) in [5.74, 6) is 0.245. The van der Waals surface area contributed by atoms with Gasteiger partial charge in [-0.25, -0.2) is 0 Å². The molecule has 0 unspecified atom stereocenters. The van der Waals surface area contributed by atoms with Gasteiger partial charge in [0.05, 0.1) is 0 Å². The monoisotopic (exact) mass is 373 g/mol. The molecule has 1 saturated carbocycles. The molecular weight excluding hydrogens is 357 g/mol. The Kier molecular flexibility index (Phi) is 3.49. The summed E-state index contributed by atoms with van der Waals surface area (Å²) >= 11 is 6.25. The SMILES string of the molecule is O=S(=O)(Cl)N=C1C[C@]23CCCC[C@]2(CCc2ccc(Cl)cc23)O1. The average Bonchev–Trinajstić information content (AvgIpc) is 2.79. The fourth-order valence-corrected chi connectivity index (χ4v) is 5.58. The molecule has 7 heteroatoms. The molecule has 0 spiro atoms. The zero-order chi connectivity index (χ0) is 16.3. The van der Waals surface area contributed by atoms with Gasteiger partial charge in [0.25, 0.3) is 0 Å². The van der Waals surface area contributed by atoms with Crippen molar-refractivity contribution < 1.29 is 13.2 Å². The molecule has 0 aromatic heterocycles. The third-order valence-corrected chi connectivity index (χ3v) is 6.53. The van der Waals surface area contributed by atoms with Crippen LogP contribution >= 0.6 is 22.3 Å². The molecule has 4 nitrogen and oxygen atoms in total. The number of hydrogen-bond acceptors (Lipinski definition) is 3. The van der Waals surface area contributed by atoms with Crippen molar-refractivity contribution in [2.24, 2.45) is 4.40 Å². The zero-order valence-corrected chi connectivity index (χ0v) is 14.8. The van der Waals surface area contributed by atoms with Crippen molar-refractivity contribution in [2.75, 3.05) is 0 Å². The molecule has 1 heterocycles. The van der Waals surface area contributed by atoms with Crippen molar-refractivity contribution >= 4 is 37.4 Å². The largest absolute Gasteiger partial charge is 0.473 e. The summed E-state index contributed by atoms with van der Waals surface area (Å²) in [6.07, 6.45) is 6.32. The Morgan fingerprint density at radius 3 is 2.74 bits per heavy atom. The van der Waals surface area contributed by atoms with Crippen molar-refractivity contribution in [2.45, 2.75) is 56.0 Å². The van der Waals surface area contributed by atoms with Gasteiger partial charge in [-0.05, 0) is 55.4 Å². The smallest absolute Gasteiger partial charge is 0.342 e. The van der Waals surface area contributed by atoms with E-state index in [9.17, 15) is 8.42 Å². The lowest BCUT2D eigenvalue weighted by atomic mass is 9.54. The van der Waals surface area contributed by atoms with Crippen molar-refractivity contribution in [3.8, 4) is 0 Å². The van der Waals surface area contributed by atoms with Crippen LogP contribution in [0.3, 0.4) is 0 Å². The molecule has 0 amide bonds. The molecular formula is C16H17Cl2NO3S. The third-order valence-electron chi connectivity index (χ3n) is 5.67. The summed E-state index contributed by atoms with van der Waals surface area (Å²) < 4.78 is 32.5. The highest BCUT2D eigenvalue weighted by atomic mass is 35.7. The van der Waals surface area contributed by atoms with Gasteiger partial charge in [-0.3, -0.25) is 0 Å². The maximum absolute atomic E-state index is 11.4. The molecule has 0 radical (unpaired) electrons. The topological polar surface area (TPSA) is 55.7 Å². The lowest BCUT2D eigenvalue weighted by Crippen LogP contribution is -2.53. The quantitative estimate of drug-likeness (QED) is 0.695. The van der Waals surface area contributed by atoms with E-state index >= 15 is 0 Å². The van der Waals surface area contributed by atoms with E-state index in [4.69, 9.17) is 27.0 Å². The minimum atomic E-state index is -3.98. The lowest BCUT2D eigenvalue weighted by Gasteiger charge is -2.51. The number of halogens is 2. The van der Waals surface area contributed by atoms with Gasteiger partial charge in [-0.1, -0.05) is 24.1 Å². The first-order chi connectivity index (χ1) is 10.8. The Labute approximate surface area is 145 Å². The third kappa shape index (κ3) is 2.39. The van der Waals surface area contributed by atoms with Crippen LogP contribution in [0, 0.1) is 0 Å². The highest BCUT2D eigenvalue weighted by Crippen LogP contribution is 2.60. The summed E-state index contributed by atoms with van der Waals surface area (Å²) in [6.45, 7) is 0. The Morgan fingerprint density at radius 1 is 1.17 bits per heavy atom. The maximum Gasteiger partial charge on any atom is 0.342 e. The standard InChI is InChI=1S/C16H17Cl2NO3S/c17-12-4-3-11-5-8-16-7-2-1-6-15(16,13(11)9-12)10-14(22-16)19-23(18,20)21/h3-4,9H,1-2,5-8,10H2/t15-,16+/m0/s1. The summed E-state index contributed by atoms with van der Waals surface area (Å²) in [5.41, 5.74) is 1.88. The molecule has 2 fully saturated rings. The number of rotatable bonds is 1. The summed E-state index contributed by atoms with van der Waals surface area (Å²) in [4.78, 5) is 0. The predicted molar refractivity (Wildman–Crippen MR) is 90.6 cm³/mol. The van der Waals surface area contributed by atoms with Crippen molar-refractivity contribution in [3.63, 3.8) is 0 Å². The minimum Gasteiger partial charge on any atom is -0.473 e. The van der Waals surface area contributed by atoms with Crippen molar-refractivity contribution in [3.05, 3.63) is 34.3 Å². The van der Waals surface area contributed by atoms with E-state index in [1.807, 2.05) is 12.1 Å². The van der Waals surface area contributed by atoms with Gasteiger partial charge >= 0.3 is 9.24 Å². The number of fused-ring (bicyclic) bond motifs is 1. The molecule has 1 saturated heterocycles. The van der Waals surface area contributed by atoms with Crippen LogP contribution in [0.4, 0.5) is 0 Å². The van der Waals surface area contributed by atoms with Crippen LogP contribution in [-0.2, 0) is 25.8 Å². The number of ether oxygens (including phenoxy) is 1. The van der Waals surface area contributed by atoms with Crippen LogP contribution in [0.5, 0.6) is 0 Å². The molecule has 124 valence electrons. The Bertz CT molecular complexity index is 808. The molecule has 1 aromatic rings. The first kappa shape index (κ1) is 15.7. The van der Waals surface area contributed by atoms with Crippen molar-refractivity contribution in [1.82, 2.24) is 0 Å². The van der Waals surface area contributed by atoms with Crippen LogP contribution in [0.1, 0.15) is 49.7 Å². The van der Waals surface area contributed by atoms with E-state index in [0.717, 1.165) is 38.5 Å². The highest BCUT2D eigenvalue weighted by Gasteiger charge is 2.63. The van der Waals surface area contributed by atoms with Crippen molar-refractivity contribution in [1.29, 1.82) is 0 Å². The Balaban J connectivity index is 1.90. The Morgan fingerprint density at radius 2 is 1.96 bits per heavy atom. The van der Waals surface area contributed by atoms with Crippen LogP contribution in [-0.4, -0.2) is 19.9 Å². The first-order valence-corrected chi connectivity index (χ1v) is 10.5. The van der Waals surface area contributed by atoms with E-state index in [1.165, 1.54) is 11.1 Å². The average molecular weight is 374 g/mol. The van der Waals surface area contributed by atoms with Crippen LogP contribution < -0.4 is 0 Å². The van der Waals surface area contributed by atoms with Gasteiger partial charge < -0.3 is 4.74 Å². The fraction of sp³-hybridized carbons (Fsp3) is 0.562. The molecule has 1 aromatic carbocycles. The van der Waals surface area contributed by atoms with Gasteiger partial charge in [-0.15, -0.1) is 4.40 Å².